The van der Waals surface area contributed by atoms with Crippen molar-refractivity contribution in [2.24, 2.45) is 0 Å². The van der Waals surface area contributed by atoms with Crippen molar-refractivity contribution in [3.05, 3.63) is 53.8 Å². The lowest BCUT2D eigenvalue weighted by molar-refractivity contribution is -0.122. The molecule has 0 bridgehead atoms. The minimum atomic E-state index is -0.588. The molecule has 3 N–H and O–H groups in total. The largest absolute Gasteiger partial charge is 0.442 e. The number of anilines is 1. The van der Waals surface area contributed by atoms with E-state index in [1.54, 1.807) is 36.4 Å². The number of carbonyl (C=O) groups is 3. The number of hydrogen-bond acceptors (Lipinski definition) is 5. The van der Waals surface area contributed by atoms with E-state index in [0.717, 1.165) is 5.56 Å². The molecule has 1 heterocycles. The molecule has 0 aromatic heterocycles. The molecule has 3 amide bonds. The second kappa shape index (κ2) is 10.0. The van der Waals surface area contributed by atoms with Crippen LogP contribution in [0.3, 0.4) is 0 Å². The highest BCUT2D eigenvalue weighted by Crippen LogP contribution is 2.29. The molecular formula is C22H24FN3O5. The normalized spacial score (nSPS) is 15.5. The molecule has 9 heteroatoms. The number of aliphatic hydroxyl groups is 1. The number of halogens is 1. The van der Waals surface area contributed by atoms with Crippen molar-refractivity contribution in [3.63, 3.8) is 0 Å². The van der Waals surface area contributed by atoms with Crippen LogP contribution < -0.4 is 15.5 Å². The summed E-state index contributed by atoms with van der Waals surface area (Å²) in [5.41, 5.74) is 2.25. The number of nitrogens with one attached hydrogen (secondary N) is 2. The van der Waals surface area contributed by atoms with Crippen LogP contribution in [0, 0.1) is 5.82 Å². The monoisotopic (exact) mass is 429 g/mol. The van der Waals surface area contributed by atoms with Gasteiger partial charge in [-0.15, -0.1) is 0 Å². The molecule has 1 unspecified atom stereocenters. The Morgan fingerprint density at radius 2 is 1.94 bits per heavy atom. The first kappa shape index (κ1) is 22.2. The van der Waals surface area contributed by atoms with E-state index in [4.69, 9.17) is 9.84 Å². The van der Waals surface area contributed by atoms with Gasteiger partial charge < -0.3 is 20.5 Å². The summed E-state index contributed by atoms with van der Waals surface area (Å²) in [5.74, 6) is -0.948. The van der Waals surface area contributed by atoms with Crippen molar-refractivity contribution in [1.82, 2.24) is 10.6 Å². The highest BCUT2D eigenvalue weighted by molar-refractivity contribution is 5.90. The summed E-state index contributed by atoms with van der Waals surface area (Å²) in [7, 11) is 0. The molecule has 2 aromatic rings. The smallest absolute Gasteiger partial charge is 0.414 e. The molecule has 1 fully saturated rings. The average molecular weight is 429 g/mol. The summed E-state index contributed by atoms with van der Waals surface area (Å²) in [4.78, 5) is 35.9. The summed E-state index contributed by atoms with van der Waals surface area (Å²) in [6, 6.07) is 11.6. The fourth-order valence-electron chi connectivity index (χ4n) is 3.19. The second-order valence-corrected chi connectivity index (χ2v) is 7.16. The third-order valence-electron chi connectivity index (χ3n) is 4.81. The quantitative estimate of drug-likeness (QED) is 0.595. The maximum absolute atomic E-state index is 14.8. The van der Waals surface area contributed by atoms with Crippen LogP contribution in [0.25, 0.3) is 11.1 Å². The van der Waals surface area contributed by atoms with E-state index in [9.17, 15) is 18.8 Å². The summed E-state index contributed by atoms with van der Waals surface area (Å²) in [6.07, 6.45) is -1.03. The standard InChI is InChI=1S/C22H24FN3O5/c1-14(28)24-12-18-13-26(22(30)31-18)17-6-7-19(20(23)10-17)16-4-2-15(3-5-16)11-25-21(29)8-9-27/h2-7,10,18,27H,8-9,11-13H2,1H3,(H,24,28)(H,25,29). The van der Waals surface area contributed by atoms with Gasteiger partial charge in [0, 0.05) is 25.5 Å². The van der Waals surface area contributed by atoms with E-state index in [1.807, 2.05) is 0 Å². The zero-order valence-corrected chi connectivity index (χ0v) is 17.1. The van der Waals surface area contributed by atoms with E-state index >= 15 is 0 Å². The van der Waals surface area contributed by atoms with Gasteiger partial charge in [-0.1, -0.05) is 24.3 Å². The van der Waals surface area contributed by atoms with Crippen LogP contribution in [0.15, 0.2) is 42.5 Å². The van der Waals surface area contributed by atoms with Crippen molar-refractivity contribution in [1.29, 1.82) is 0 Å². The first-order valence-corrected chi connectivity index (χ1v) is 9.86. The SMILES string of the molecule is CC(=O)NCC1CN(c2ccc(-c3ccc(CNC(=O)CCO)cc3)c(F)c2)C(=O)O1. The fourth-order valence-corrected chi connectivity index (χ4v) is 3.19. The number of cyclic esters (lactones) is 1. The Morgan fingerprint density at radius 1 is 1.19 bits per heavy atom. The van der Waals surface area contributed by atoms with E-state index in [-0.39, 0.29) is 37.9 Å². The number of ether oxygens (including phenoxy) is 1. The van der Waals surface area contributed by atoms with Crippen molar-refractivity contribution in [3.8, 4) is 11.1 Å². The summed E-state index contributed by atoms with van der Waals surface area (Å²) in [5, 5.41) is 14.0. The Labute approximate surface area is 179 Å². The highest BCUT2D eigenvalue weighted by atomic mass is 19.1. The number of carbonyl (C=O) groups excluding carboxylic acids is 3. The van der Waals surface area contributed by atoms with Crippen LogP contribution in [0.5, 0.6) is 0 Å². The summed E-state index contributed by atoms with van der Waals surface area (Å²) >= 11 is 0. The summed E-state index contributed by atoms with van der Waals surface area (Å²) < 4.78 is 20.0. The Balaban J connectivity index is 1.66. The zero-order chi connectivity index (χ0) is 22.4. The van der Waals surface area contributed by atoms with Gasteiger partial charge in [0.1, 0.15) is 11.9 Å². The van der Waals surface area contributed by atoms with Crippen LogP contribution in [0.2, 0.25) is 0 Å². The molecule has 0 radical (unpaired) electrons. The maximum atomic E-state index is 14.8. The number of benzene rings is 2. The molecule has 3 rings (SSSR count). The molecule has 164 valence electrons. The van der Waals surface area contributed by atoms with Gasteiger partial charge in [0.25, 0.3) is 0 Å². The lowest BCUT2D eigenvalue weighted by atomic mass is 10.0. The van der Waals surface area contributed by atoms with Crippen LogP contribution >= 0.6 is 0 Å². The Morgan fingerprint density at radius 3 is 2.58 bits per heavy atom. The second-order valence-electron chi connectivity index (χ2n) is 7.16. The zero-order valence-electron chi connectivity index (χ0n) is 17.1. The molecular weight excluding hydrogens is 405 g/mol. The lowest BCUT2D eigenvalue weighted by Gasteiger charge is -2.15. The van der Waals surface area contributed by atoms with E-state index in [2.05, 4.69) is 10.6 Å². The average Bonchev–Trinajstić information content (AvgIpc) is 3.12. The van der Waals surface area contributed by atoms with E-state index < -0.39 is 18.0 Å². The van der Waals surface area contributed by atoms with Crippen LogP contribution in [-0.2, 0) is 20.9 Å². The first-order chi connectivity index (χ1) is 14.9. The fraction of sp³-hybridized carbons (Fsp3) is 0.318. The predicted octanol–water partition coefficient (Wildman–Crippen LogP) is 1.95. The molecule has 1 aliphatic heterocycles. The Hall–Kier alpha value is -3.46. The van der Waals surface area contributed by atoms with Crippen LogP contribution in [0.4, 0.5) is 14.9 Å². The van der Waals surface area contributed by atoms with Gasteiger partial charge in [0.2, 0.25) is 11.8 Å². The topological polar surface area (TPSA) is 108 Å². The van der Waals surface area contributed by atoms with Gasteiger partial charge in [0.05, 0.1) is 25.4 Å². The van der Waals surface area contributed by atoms with Crippen LogP contribution in [0.1, 0.15) is 18.9 Å². The van der Waals surface area contributed by atoms with Crippen molar-refractivity contribution < 1.29 is 28.6 Å². The predicted molar refractivity (Wildman–Crippen MR) is 112 cm³/mol. The Bertz CT molecular complexity index is 964. The minimum absolute atomic E-state index is 0.0498. The summed E-state index contributed by atoms with van der Waals surface area (Å²) in [6.45, 7) is 1.91. The molecule has 8 nitrogen and oxygen atoms in total. The molecule has 0 saturated carbocycles. The van der Waals surface area contributed by atoms with Gasteiger partial charge in [-0.05, 0) is 29.3 Å². The molecule has 1 atom stereocenters. The molecule has 31 heavy (non-hydrogen) atoms. The Kier molecular flexibility index (Phi) is 7.19. The third-order valence-corrected chi connectivity index (χ3v) is 4.81. The highest BCUT2D eigenvalue weighted by Gasteiger charge is 2.32. The molecule has 2 aromatic carbocycles. The maximum Gasteiger partial charge on any atom is 0.414 e. The lowest BCUT2D eigenvalue weighted by Crippen LogP contribution is -2.33. The van der Waals surface area contributed by atoms with Gasteiger partial charge in [-0.2, -0.15) is 0 Å². The van der Waals surface area contributed by atoms with Gasteiger partial charge in [0.15, 0.2) is 0 Å². The first-order valence-electron chi connectivity index (χ1n) is 9.86. The molecule has 0 spiro atoms. The van der Waals surface area contributed by atoms with Crippen molar-refractivity contribution in [2.75, 3.05) is 24.6 Å². The minimum Gasteiger partial charge on any atom is -0.442 e. The van der Waals surface area contributed by atoms with Crippen molar-refractivity contribution >= 4 is 23.6 Å². The van der Waals surface area contributed by atoms with Crippen LogP contribution in [-0.4, -0.2) is 48.8 Å². The van der Waals surface area contributed by atoms with Gasteiger partial charge >= 0.3 is 6.09 Å². The number of rotatable bonds is 8. The van der Waals surface area contributed by atoms with Gasteiger partial charge in [-0.3, -0.25) is 14.5 Å². The molecule has 0 aliphatic carbocycles. The third kappa shape index (κ3) is 5.79. The van der Waals surface area contributed by atoms with Gasteiger partial charge in [-0.25, -0.2) is 9.18 Å². The molecule has 1 saturated heterocycles. The van der Waals surface area contributed by atoms with Crippen molar-refractivity contribution in [2.45, 2.75) is 26.0 Å². The van der Waals surface area contributed by atoms with E-state index in [0.29, 0.717) is 23.4 Å². The van der Waals surface area contributed by atoms with E-state index in [1.165, 1.54) is 17.9 Å². The number of aliphatic hydroxyl groups excluding tert-OH is 1. The molecule has 1 aliphatic rings. The number of amides is 3. The number of nitrogens with zero attached hydrogens (tertiary/aromatic N) is 1. The number of hydrogen-bond donors (Lipinski definition) is 3.